The van der Waals surface area contributed by atoms with Gasteiger partial charge in [0, 0.05) is 5.56 Å². The second kappa shape index (κ2) is 5.07. The quantitative estimate of drug-likeness (QED) is 0.943. The molecule has 1 heterocycles. The van der Waals surface area contributed by atoms with Gasteiger partial charge in [0.2, 0.25) is 10.0 Å². The van der Waals surface area contributed by atoms with Gasteiger partial charge in [-0.3, -0.25) is 4.79 Å². The molecule has 1 N–H and O–H groups in total. The van der Waals surface area contributed by atoms with Crippen molar-refractivity contribution in [3.63, 3.8) is 0 Å². The van der Waals surface area contributed by atoms with Crippen LogP contribution in [0.1, 0.15) is 10.6 Å². The van der Waals surface area contributed by atoms with Crippen LogP contribution in [0.5, 0.6) is 0 Å². The third-order valence-corrected chi connectivity index (χ3v) is 3.13. The second-order valence-electron chi connectivity index (χ2n) is 3.85. The number of hydrogen-bond acceptors (Lipinski definition) is 4. The Balaban J connectivity index is 2.30. The Morgan fingerprint density at radius 3 is 2.53 bits per heavy atom. The highest BCUT2D eigenvalue weighted by molar-refractivity contribution is 7.89. The summed E-state index contributed by atoms with van der Waals surface area (Å²) in [5.74, 6) is -0.523. The van der Waals surface area contributed by atoms with E-state index in [4.69, 9.17) is 16.0 Å². The average Bonchev–Trinajstić information content (AvgIpc) is 2.76. The number of rotatable bonds is 3. The van der Waals surface area contributed by atoms with E-state index >= 15 is 0 Å². The lowest BCUT2D eigenvalue weighted by molar-refractivity contribution is 0.0955. The number of furan rings is 1. The lowest BCUT2D eigenvalue weighted by Crippen LogP contribution is -2.28. The van der Waals surface area contributed by atoms with Gasteiger partial charge in [0.15, 0.2) is 5.76 Å². The van der Waals surface area contributed by atoms with Gasteiger partial charge in [-0.1, -0.05) is 23.7 Å². The molecule has 0 bridgehead atoms. The van der Waals surface area contributed by atoms with Crippen LogP contribution in [0.4, 0.5) is 0 Å². The van der Waals surface area contributed by atoms with Gasteiger partial charge in [-0.25, -0.2) is 13.1 Å². The summed E-state index contributed by atoms with van der Waals surface area (Å²) in [5, 5.41) is 0.479. The van der Waals surface area contributed by atoms with Gasteiger partial charge in [-0.15, -0.1) is 0 Å². The molecule has 1 aromatic heterocycles. The Labute approximate surface area is 115 Å². The smallest absolute Gasteiger partial charge is 0.300 e. The van der Waals surface area contributed by atoms with Gasteiger partial charge in [-0.05, 0) is 24.3 Å². The standard InChI is InChI=1S/C12H10ClNO4S/c1-19(16,17)14-12(15)11-7-6-10(18-11)8-4-2-3-5-9(8)13/h2-7H,1H3,(H,14,15). The van der Waals surface area contributed by atoms with Crippen LogP contribution in [0.2, 0.25) is 5.02 Å². The molecule has 1 aromatic carbocycles. The van der Waals surface area contributed by atoms with E-state index in [1.807, 2.05) is 4.72 Å². The zero-order valence-corrected chi connectivity index (χ0v) is 11.5. The van der Waals surface area contributed by atoms with Gasteiger partial charge in [0.1, 0.15) is 5.76 Å². The Bertz CT molecular complexity index is 721. The second-order valence-corrected chi connectivity index (χ2v) is 6.00. The van der Waals surface area contributed by atoms with Crippen LogP contribution in [0, 0.1) is 0 Å². The molecule has 0 spiro atoms. The van der Waals surface area contributed by atoms with Gasteiger partial charge in [0.25, 0.3) is 5.91 Å². The Hall–Kier alpha value is -1.79. The molecule has 0 aliphatic heterocycles. The first kappa shape index (κ1) is 13.6. The Morgan fingerprint density at radius 1 is 1.21 bits per heavy atom. The molecular formula is C12H10ClNO4S. The molecule has 0 radical (unpaired) electrons. The Kier molecular flexibility index (Phi) is 3.64. The molecule has 2 aromatic rings. The van der Waals surface area contributed by atoms with E-state index in [1.165, 1.54) is 6.07 Å². The van der Waals surface area contributed by atoms with Crippen LogP contribution < -0.4 is 4.72 Å². The van der Waals surface area contributed by atoms with Crippen LogP contribution in [-0.2, 0) is 10.0 Å². The van der Waals surface area contributed by atoms with Crippen molar-refractivity contribution in [1.29, 1.82) is 0 Å². The van der Waals surface area contributed by atoms with Gasteiger partial charge in [-0.2, -0.15) is 0 Å². The zero-order chi connectivity index (χ0) is 14.0. The van der Waals surface area contributed by atoms with E-state index in [2.05, 4.69) is 0 Å². The van der Waals surface area contributed by atoms with E-state index in [-0.39, 0.29) is 5.76 Å². The molecule has 19 heavy (non-hydrogen) atoms. The van der Waals surface area contributed by atoms with Crippen LogP contribution in [0.15, 0.2) is 40.8 Å². The summed E-state index contributed by atoms with van der Waals surface area (Å²) in [4.78, 5) is 11.6. The van der Waals surface area contributed by atoms with E-state index in [1.54, 1.807) is 30.3 Å². The van der Waals surface area contributed by atoms with Crippen LogP contribution in [-0.4, -0.2) is 20.6 Å². The maximum Gasteiger partial charge on any atom is 0.300 e. The largest absolute Gasteiger partial charge is 0.451 e. The maximum absolute atomic E-state index is 11.6. The third-order valence-electron chi connectivity index (χ3n) is 2.25. The number of halogens is 1. The molecule has 0 unspecified atom stereocenters. The van der Waals surface area contributed by atoms with Crippen molar-refractivity contribution >= 4 is 27.5 Å². The highest BCUT2D eigenvalue weighted by Gasteiger charge is 2.16. The first-order chi connectivity index (χ1) is 8.87. The molecule has 0 fully saturated rings. The summed E-state index contributed by atoms with van der Waals surface area (Å²) in [6.45, 7) is 0. The van der Waals surface area contributed by atoms with E-state index < -0.39 is 15.9 Å². The fourth-order valence-electron chi connectivity index (χ4n) is 1.48. The van der Waals surface area contributed by atoms with E-state index in [0.29, 0.717) is 16.3 Å². The minimum absolute atomic E-state index is 0.0969. The summed E-state index contributed by atoms with van der Waals surface area (Å²) >= 11 is 6.00. The molecule has 0 saturated heterocycles. The van der Waals surface area contributed by atoms with Crippen molar-refractivity contribution in [3.05, 3.63) is 47.2 Å². The molecule has 5 nitrogen and oxygen atoms in total. The van der Waals surface area contributed by atoms with Crippen LogP contribution in [0.3, 0.4) is 0 Å². The van der Waals surface area contributed by atoms with Crippen LogP contribution in [0.25, 0.3) is 11.3 Å². The minimum Gasteiger partial charge on any atom is -0.451 e. The zero-order valence-electron chi connectivity index (χ0n) is 9.88. The average molecular weight is 300 g/mol. The fraction of sp³-hybridized carbons (Fsp3) is 0.0833. The summed E-state index contributed by atoms with van der Waals surface area (Å²) in [6, 6.07) is 9.92. The molecule has 0 saturated carbocycles. The lowest BCUT2D eigenvalue weighted by Gasteiger charge is -2.01. The van der Waals surface area contributed by atoms with Crippen molar-refractivity contribution in [2.24, 2.45) is 0 Å². The van der Waals surface area contributed by atoms with Gasteiger partial charge < -0.3 is 4.42 Å². The van der Waals surface area contributed by atoms with Gasteiger partial charge >= 0.3 is 0 Å². The number of sulfonamides is 1. The molecule has 0 atom stereocenters. The Morgan fingerprint density at radius 2 is 1.89 bits per heavy atom. The van der Waals surface area contributed by atoms with E-state index in [9.17, 15) is 13.2 Å². The predicted octanol–water partition coefficient (Wildman–Crippen LogP) is 2.29. The van der Waals surface area contributed by atoms with Crippen molar-refractivity contribution in [1.82, 2.24) is 4.72 Å². The molecule has 0 aliphatic rings. The number of amides is 1. The SMILES string of the molecule is CS(=O)(=O)NC(=O)c1ccc(-c2ccccc2Cl)o1. The summed E-state index contributed by atoms with van der Waals surface area (Å²) in [5.41, 5.74) is 0.627. The summed E-state index contributed by atoms with van der Waals surface area (Å²) in [7, 11) is -3.62. The summed E-state index contributed by atoms with van der Waals surface area (Å²) < 4.78 is 29.0. The maximum atomic E-state index is 11.6. The number of hydrogen-bond donors (Lipinski definition) is 1. The first-order valence-electron chi connectivity index (χ1n) is 5.24. The molecule has 0 aliphatic carbocycles. The number of benzene rings is 1. The van der Waals surface area contributed by atoms with Crippen molar-refractivity contribution in [2.45, 2.75) is 0 Å². The van der Waals surface area contributed by atoms with E-state index in [0.717, 1.165) is 6.26 Å². The summed E-state index contributed by atoms with van der Waals surface area (Å²) in [6.07, 6.45) is 0.892. The fourth-order valence-corrected chi connectivity index (χ4v) is 2.15. The van der Waals surface area contributed by atoms with Crippen molar-refractivity contribution < 1.29 is 17.6 Å². The normalized spacial score (nSPS) is 11.3. The molecule has 1 amide bonds. The van der Waals surface area contributed by atoms with Gasteiger partial charge in [0.05, 0.1) is 11.3 Å². The molecular weight excluding hydrogens is 290 g/mol. The van der Waals surface area contributed by atoms with Crippen molar-refractivity contribution in [2.75, 3.05) is 6.26 Å². The third kappa shape index (κ3) is 3.36. The lowest BCUT2D eigenvalue weighted by atomic mass is 10.2. The molecule has 2 rings (SSSR count). The monoisotopic (exact) mass is 299 g/mol. The highest BCUT2D eigenvalue weighted by Crippen LogP contribution is 2.28. The number of nitrogens with one attached hydrogen (secondary N) is 1. The number of carbonyl (C=O) groups is 1. The molecule has 100 valence electrons. The minimum atomic E-state index is -3.62. The number of carbonyl (C=O) groups excluding carboxylic acids is 1. The van der Waals surface area contributed by atoms with Crippen LogP contribution >= 0.6 is 11.6 Å². The highest BCUT2D eigenvalue weighted by atomic mass is 35.5. The first-order valence-corrected chi connectivity index (χ1v) is 7.50. The topological polar surface area (TPSA) is 76.4 Å². The van der Waals surface area contributed by atoms with Crippen molar-refractivity contribution in [3.8, 4) is 11.3 Å². The molecule has 7 heteroatoms. The predicted molar refractivity (Wildman–Crippen MR) is 71.5 cm³/mol.